The van der Waals surface area contributed by atoms with Crippen LogP contribution in [0.25, 0.3) is 0 Å². The highest BCUT2D eigenvalue weighted by molar-refractivity contribution is 5.89. The number of hydrogen-bond acceptors (Lipinski definition) is 5. The van der Waals surface area contributed by atoms with Crippen LogP contribution in [0.5, 0.6) is 0 Å². The Hall–Kier alpha value is -2.18. The summed E-state index contributed by atoms with van der Waals surface area (Å²) in [6.07, 6.45) is 5.55. The van der Waals surface area contributed by atoms with E-state index >= 15 is 0 Å². The molecule has 1 N–H and O–H groups in total. The van der Waals surface area contributed by atoms with Gasteiger partial charge in [-0.2, -0.15) is 0 Å². The highest BCUT2D eigenvalue weighted by Crippen LogP contribution is 2.23. The van der Waals surface area contributed by atoms with E-state index in [4.69, 9.17) is 0 Å². The van der Waals surface area contributed by atoms with Crippen molar-refractivity contribution in [1.29, 1.82) is 0 Å². The number of rotatable bonds is 5. The molecule has 7 heteroatoms. The summed E-state index contributed by atoms with van der Waals surface area (Å²) in [7, 11) is 0. The van der Waals surface area contributed by atoms with Gasteiger partial charge in [-0.1, -0.05) is 13.8 Å². The van der Waals surface area contributed by atoms with Crippen molar-refractivity contribution in [3.63, 3.8) is 0 Å². The second-order valence-corrected chi connectivity index (χ2v) is 7.41. The van der Waals surface area contributed by atoms with Crippen LogP contribution in [0.4, 0.5) is 5.95 Å². The predicted molar refractivity (Wildman–Crippen MR) is 94.8 cm³/mol. The summed E-state index contributed by atoms with van der Waals surface area (Å²) < 4.78 is 0. The van der Waals surface area contributed by atoms with Gasteiger partial charge in [0.15, 0.2) is 0 Å². The predicted octanol–water partition coefficient (Wildman–Crippen LogP) is 1.38. The van der Waals surface area contributed by atoms with E-state index in [9.17, 15) is 9.59 Å². The van der Waals surface area contributed by atoms with Gasteiger partial charge >= 0.3 is 0 Å². The van der Waals surface area contributed by atoms with Gasteiger partial charge in [0.25, 0.3) is 0 Å². The van der Waals surface area contributed by atoms with E-state index < -0.39 is 0 Å². The van der Waals surface area contributed by atoms with Gasteiger partial charge < -0.3 is 15.1 Å². The van der Waals surface area contributed by atoms with Crippen LogP contribution in [0.3, 0.4) is 0 Å². The summed E-state index contributed by atoms with van der Waals surface area (Å²) in [5.41, 5.74) is 0. The van der Waals surface area contributed by atoms with E-state index in [0.29, 0.717) is 24.8 Å². The number of carbonyl (C=O) groups excluding carboxylic acids is 2. The molecule has 0 aromatic carbocycles. The Morgan fingerprint density at radius 2 is 1.96 bits per heavy atom. The van der Waals surface area contributed by atoms with E-state index in [2.05, 4.69) is 29.1 Å². The molecule has 0 bridgehead atoms. The minimum atomic E-state index is -0.173. The lowest BCUT2D eigenvalue weighted by Gasteiger charge is -2.33. The number of likely N-dealkylation sites (tertiary alicyclic amines) is 2. The number of hydrogen-bond donors (Lipinski definition) is 1. The van der Waals surface area contributed by atoms with E-state index in [1.807, 2.05) is 9.80 Å². The molecule has 1 aromatic rings. The van der Waals surface area contributed by atoms with Crippen molar-refractivity contribution in [2.75, 3.05) is 31.5 Å². The second-order valence-electron chi connectivity index (χ2n) is 7.41. The third-order valence-electron chi connectivity index (χ3n) is 4.85. The van der Waals surface area contributed by atoms with Crippen LogP contribution in [-0.4, -0.2) is 63.8 Å². The lowest BCUT2D eigenvalue weighted by atomic mass is 10.0. The molecule has 1 atom stereocenters. The Morgan fingerprint density at radius 1 is 1.28 bits per heavy atom. The maximum Gasteiger partial charge on any atom is 0.227 e. The van der Waals surface area contributed by atoms with Gasteiger partial charge in [0.1, 0.15) is 0 Å². The molecule has 2 aliphatic heterocycles. The third kappa shape index (κ3) is 4.46. The number of nitrogens with one attached hydrogen (secondary N) is 1. The van der Waals surface area contributed by atoms with Crippen molar-refractivity contribution in [3.8, 4) is 0 Å². The first-order valence-electron chi connectivity index (χ1n) is 9.13. The zero-order chi connectivity index (χ0) is 17.8. The molecule has 2 fully saturated rings. The third-order valence-corrected chi connectivity index (χ3v) is 4.85. The van der Waals surface area contributed by atoms with Gasteiger partial charge in [-0.05, 0) is 24.8 Å². The molecular weight excluding hydrogens is 318 g/mol. The van der Waals surface area contributed by atoms with Crippen LogP contribution < -0.4 is 5.32 Å². The van der Waals surface area contributed by atoms with Crippen molar-refractivity contribution in [2.24, 2.45) is 11.8 Å². The van der Waals surface area contributed by atoms with E-state index in [1.165, 1.54) is 0 Å². The largest absolute Gasteiger partial charge is 0.351 e. The Morgan fingerprint density at radius 3 is 2.60 bits per heavy atom. The molecule has 3 heterocycles. The average Bonchev–Trinajstić information content (AvgIpc) is 2.96. The fourth-order valence-electron chi connectivity index (χ4n) is 3.61. The second kappa shape index (κ2) is 7.80. The molecule has 3 rings (SSSR count). The molecular formula is C18H27N5O2. The fraction of sp³-hybridized carbons (Fsp3) is 0.667. The Labute approximate surface area is 148 Å². The maximum atomic E-state index is 12.7. The first kappa shape index (κ1) is 17.6. The average molecular weight is 345 g/mol. The molecule has 25 heavy (non-hydrogen) atoms. The Bertz CT molecular complexity index is 599. The van der Waals surface area contributed by atoms with E-state index in [-0.39, 0.29) is 23.8 Å². The highest BCUT2D eigenvalue weighted by atomic mass is 16.2. The van der Waals surface area contributed by atoms with Crippen LogP contribution in [-0.2, 0) is 9.59 Å². The normalized spacial score (nSPS) is 21.9. The quantitative estimate of drug-likeness (QED) is 0.872. The zero-order valence-corrected chi connectivity index (χ0v) is 15.0. The minimum absolute atomic E-state index is 0.116. The molecule has 1 unspecified atom stereocenters. The van der Waals surface area contributed by atoms with Crippen molar-refractivity contribution >= 4 is 17.8 Å². The SMILES string of the molecule is CC(C)CN1CC(C(=O)N2CCC(Nc3ncccn3)CC2)CC1=O. The molecule has 2 amide bonds. The number of carbonyl (C=O) groups is 2. The summed E-state index contributed by atoms with van der Waals surface area (Å²) in [4.78, 5) is 37.0. The lowest BCUT2D eigenvalue weighted by Crippen LogP contribution is -2.45. The first-order valence-corrected chi connectivity index (χ1v) is 9.13. The molecule has 136 valence electrons. The van der Waals surface area contributed by atoms with Crippen molar-refractivity contribution in [1.82, 2.24) is 19.8 Å². The summed E-state index contributed by atoms with van der Waals surface area (Å²) in [6, 6.07) is 2.08. The van der Waals surface area contributed by atoms with Crippen LogP contribution >= 0.6 is 0 Å². The van der Waals surface area contributed by atoms with Crippen LogP contribution in [0.2, 0.25) is 0 Å². The topological polar surface area (TPSA) is 78.4 Å². The van der Waals surface area contributed by atoms with Gasteiger partial charge in [0.2, 0.25) is 17.8 Å². The molecule has 0 spiro atoms. The van der Waals surface area contributed by atoms with E-state index in [1.54, 1.807) is 18.5 Å². The summed E-state index contributed by atoms with van der Waals surface area (Å²) in [5.74, 6) is 1.14. The summed E-state index contributed by atoms with van der Waals surface area (Å²) in [6.45, 7) is 6.95. The van der Waals surface area contributed by atoms with E-state index in [0.717, 1.165) is 32.5 Å². The van der Waals surface area contributed by atoms with Crippen molar-refractivity contribution in [2.45, 2.75) is 39.2 Å². The van der Waals surface area contributed by atoms with Gasteiger partial charge in [0, 0.05) is 51.0 Å². The number of amides is 2. The minimum Gasteiger partial charge on any atom is -0.351 e. The standard InChI is InChI=1S/C18H27N5O2/c1-13(2)11-23-12-14(10-16(23)24)17(25)22-8-4-15(5-9-22)21-18-19-6-3-7-20-18/h3,6-7,13-15H,4-5,8-12H2,1-2H3,(H,19,20,21). The monoisotopic (exact) mass is 345 g/mol. The molecule has 0 saturated carbocycles. The lowest BCUT2D eigenvalue weighted by molar-refractivity contribution is -0.136. The Kier molecular flexibility index (Phi) is 5.50. The first-order chi connectivity index (χ1) is 12.0. The van der Waals surface area contributed by atoms with Crippen molar-refractivity contribution in [3.05, 3.63) is 18.5 Å². The van der Waals surface area contributed by atoms with Gasteiger partial charge in [-0.25, -0.2) is 9.97 Å². The zero-order valence-electron chi connectivity index (χ0n) is 15.0. The number of nitrogens with zero attached hydrogens (tertiary/aromatic N) is 4. The van der Waals surface area contributed by atoms with Crippen LogP contribution in [0.15, 0.2) is 18.5 Å². The van der Waals surface area contributed by atoms with Crippen LogP contribution in [0.1, 0.15) is 33.1 Å². The Balaban J connectivity index is 1.48. The van der Waals surface area contributed by atoms with Gasteiger partial charge in [-0.3, -0.25) is 9.59 Å². The smallest absolute Gasteiger partial charge is 0.227 e. The molecule has 2 saturated heterocycles. The maximum absolute atomic E-state index is 12.7. The highest BCUT2D eigenvalue weighted by Gasteiger charge is 2.37. The molecule has 0 radical (unpaired) electrons. The molecule has 2 aliphatic rings. The van der Waals surface area contributed by atoms with Crippen LogP contribution in [0, 0.1) is 11.8 Å². The molecule has 7 nitrogen and oxygen atoms in total. The summed E-state index contributed by atoms with van der Waals surface area (Å²) in [5, 5.41) is 3.32. The molecule has 0 aliphatic carbocycles. The number of aromatic nitrogens is 2. The number of anilines is 1. The summed E-state index contributed by atoms with van der Waals surface area (Å²) >= 11 is 0. The fourth-order valence-corrected chi connectivity index (χ4v) is 3.61. The van der Waals surface area contributed by atoms with Crippen molar-refractivity contribution < 1.29 is 9.59 Å². The van der Waals surface area contributed by atoms with Gasteiger partial charge in [-0.15, -0.1) is 0 Å². The number of piperidine rings is 1. The van der Waals surface area contributed by atoms with Gasteiger partial charge in [0.05, 0.1) is 5.92 Å². The molecule has 1 aromatic heterocycles.